The van der Waals surface area contributed by atoms with E-state index in [-0.39, 0.29) is 5.91 Å². The summed E-state index contributed by atoms with van der Waals surface area (Å²) >= 11 is 0. The van der Waals surface area contributed by atoms with Crippen molar-refractivity contribution in [3.05, 3.63) is 23.9 Å². The monoisotopic (exact) mass is 288 g/mol. The number of pyridine rings is 1. The van der Waals surface area contributed by atoms with Gasteiger partial charge < -0.3 is 10.6 Å². The molecule has 0 aliphatic carbocycles. The van der Waals surface area contributed by atoms with Gasteiger partial charge in [-0.2, -0.15) is 0 Å². The smallest absolute Gasteiger partial charge is 0.253 e. The lowest BCUT2D eigenvalue weighted by Crippen LogP contribution is -2.42. The number of nitrogens with zero attached hydrogens (tertiary/aromatic N) is 2. The van der Waals surface area contributed by atoms with Crippen LogP contribution in [0.2, 0.25) is 0 Å². The van der Waals surface area contributed by atoms with Crippen molar-refractivity contribution >= 4 is 11.7 Å². The molecule has 0 aromatic carbocycles. The van der Waals surface area contributed by atoms with E-state index < -0.39 is 0 Å². The van der Waals surface area contributed by atoms with Crippen LogP contribution < -0.4 is 10.6 Å². The molecule has 3 rings (SSSR count). The number of hydrogen-bond donors (Lipinski definition) is 2. The van der Waals surface area contributed by atoms with E-state index in [2.05, 4.69) is 27.4 Å². The van der Waals surface area contributed by atoms with E-state index in [0.29, 0.717) is 17.6 Å². The van der Waals surface area contributed by atoms with Gasteiger partial charge in [-0.1, -0.05) is 6.92 Å². The molecule has 21 heavy (non-hydrogen) atoms. The minimum atomic E-state index is 0.00305. The van der Waals surface area contributed by atoms with Crippen molar-refractivity contribution in [1.29, 1.82) is 0 Å². The normalized spacial score (nSPS) is 24.8. The molecule has 5 nitrogen and oxygen atoms in total. The molecule has 0 radical (unpaired) electrons. The molecule has 2 N–H and O–H groups in total. The van der Waals surface area contributed by atoms with Crippen LogP contribution >= 0.6 is 0 Å². The summed E-state index contributed by atoms with van der Waals surface area (Å²) < 4.78 is 0. The number of aromatic nitrogens is 1. The number of carbonyl (C=O) groups excluding carboxylic acids is 1. The van der Waals surface area contributed by atoms with Gasteiger partial charge in [0.15, 0.2) is 0 Å². The minimum Gasteiger partial charge on any atom is -0.370 e. The van der Waals surface area contributed by atoms with Gasteiger partial charge in [-0.3, -0.25) is 9.69 Å². The molecule has 2 aliphatic heterocycles. The highest BCUT2D eigenvalue weighted by atomic mass is 16.1. The Morgan fingerprint density at radius 2 is 2.29 bits per heavy atom. The highest BCUT2D eigenvalue weighted by Crippen LogP contribution is 2.28. The number of anilines is 1. The van der Waals surface area contributed by atoms with Crippen molar-refractivity contribution in [2.24, 2.45) is 0 Å². The molecule has 1 aromatic rings. The van der Waals surface area contributed by atoms with E-state index in [1.165, 1.54) is 19.4 Å². The summed E-state index contributed by atoms with van der Waals surface area (Å²) in [6.07, 6.45) is 6.26. The third-order valence-corrected chi connectivity index (χ3v) is 4.50. The largest absolute Gasteiger partial charge is 0.370 e. The average molecular weight is 288 g/mol. The van der Waals surface area contributed by atoms with Crippen molar-refractivity contribution in [1.82, 2.24) is 15.2 Å². The number of fused-ring (bicyclic) bond motifs is 1. The van der Waals surface area contributed by atoms with Gasteiger partial charge in [0.2, 0.25) is 0 Å². The van der Waals surface area contributed by atoms with Crippen molar-refractivity contribution in [3.8, 4) is 0 Å². The van der Waals surface area contributed by atoms with Gasteiger partial charge in [0, 0.05) is 31.4 Å². The molecule has 1 amide bonds. The summed E-state index contributed by atoms with van der Waals surface area (Å²) in [7, 11) is 0. The molecule has 0 saturated carbocycles. The molecule has 2 atom stereocenters. The first-order valence-corrected chi connectivity index (χ1v) is 8.03. The maximum Gasteiger partial charge on any atom is 0.253 e. The second-order valence-electron chi connectivity index (χ2n) is 5.97. The van der Waals surface area contributed by atoms with Gasteiger partial charge >= 0.3 is 0 Å². The highest BCUT2D eigenvalue weighted by molar-refractivity contribution is 5.94. The van der Waals surface area contributed by atoms with Crippen LogP contribution in [0.4, 0.5) is 5.82 Å². The van der Waals surface area contributed by atoms with Gasteiger partial charge in [-0.05, 0) is 44.4 Å². The molecular weight excluding hydrogens is 264 g/mol. The van der Waals surface area contributed by atoms with Crippen LogP contribution in [0.15, 0.2) is 18.3 Å². The number of rotatable bonds is 5. The molecule has 2 fully saturated rings. The van der Waals surface area contributed by atoms with Crippen LogP contribution in [-0.2, 0) is 0 Å². The highest BCUT2D eigenvalue weighted by Gasteiger charge is 2.37. The second kappa shape index (κ2) is 6.43. The van der Waals surface area contributed by atoms with E-state index in [1.807, 2.05) is 12.1 Å². The first kappa shape index (κ1) is 14.3. The fourth-order valence-electron chi connectivity index (χ4n) is 3.39. The Labute approximate surface area is 126 Å². The Kier molecular flexibility index (Phi) is 4.39. The zero-order valence-electron chi connectivity index (χ0n) is 12.6. The molecule has 0 spiro atoms. The Bertz CT molecular complexity index is 488. The van der Waals surface area contributed by atoms with Crippen LogP contribution in [0, 0.1) is 0 Å². The quantitative estimate of drug-likeness (QED) is 0.868. The molecule has 0 bridgehead atoms. The van der Waals surface area contributed by atoms with Crippen LogP contribution in [0.25, 0.3) is 0 Å². The third-order valence-electron chi connectivity index (χ3n) is 4.50. The number of hydrogen-bond acceptors (Lipinski definition) is 4. The topological polar surface area (TPSA) is 57.3 Å². The predicted octanol–water partition coefficient (Wildman–Crippen LogP) is 1.87. The summed E-state index contributed by atoms with van der Waals surface area (Å²) in [4.78, 5) is 19.1. The molecule has 5 heteroatoms. The first-order valence-electron chi connectivity index (χ1n) is 8.03. The number of amides is 1. The fraction of sp³-hybridized carbons (Fsp3) is 0.625. The molecule has 2 saturated heterocycles. The van der Waals surface area contributed by atoms with Crippen molar-refractivity contribution in [2.45, 2.75) is 44.7 Å². The first-order chi connectivity index (χ1) is 10.3. The maximum absolute atomic E-state index is 12.3. The standard InChI is InChI=1S/C16H24N4O/c1-2-8-17-15-6-5-12(11-18-15)16(21)19-13-7-10-20-9-3-4-14(13)20/h5-6,11,13-14H,2-4,7-10H2,1H3,(H,17,18)(H,19,21). The summed E-state index contributed by atoms with van der Waals surface area (Å²) in [5.74, 6) is 0.833. The van der Waals surface area contributed by atoms with Gasteiger partial charge in [-0.25, -0.2) is 4.98 Å². The Morgan fingerprint density at radius 3 is 3.05 bits per heavy atom. The lowest BCUT2D eigenvalue weighted by Gasteiger charge is -2.21. The van der Waals surface area contributed by atoms with Gasteiger partial charge in [0.1, 0.15) is 5.82 Å². The summed E-state index contributed by atoms with van der Waals surface area (Å²) in [5, 5.41) is 6.40. The van der Waals surface area contributed by atoms with E-state index in [9.17, 15) is 4.79 Å². The van der Waals surface area contributed by atoms with Gasteiger partial charge in [0.25, 0.3) is 5.91 Å². The SMILES string of the molecule is CCCNc1ccc(C(=O)NC2CCN3CCCC23)cn1. The fourth-order valence-corrected chi connectivity index (χ4v) is 3.39. The van der Waals surface area contributed by atoms with Gasteiger partial charge in [0.05, 0.1) is 5.56 Å². The molecule has 1 aromatic heterocycles. The lowest BCUT2D eigenvalue weighted by molar-refractivity contribution is 0.0929. The second-order valence-corrected chi connectivity index (χ2v) is 5.97. The maximum atomic E-state index is 12.3. The Morgan fingerprint density at radius 1 is 1.38 bits per heavy atom. The number of nitrogens with one attached hydrogen (secondary N) is 2. The van der Waals surface area contributed by atoms with E-state index >= 15 is 0 Å². The van der Waals surface area contributed by atoms with E-state index in [4.69, 9.17) is 0 Å². The van der Waals surface area contributed by atoms with Crippen LogP contribution in [0.1, 0.15) is 43.0 Å². The molecule has 2 unspecified atom stereocenters. The van der Waals surface area contributed by atoms with Crippen molar-refractivity contribution < 1.29 is 4.79 Å². The number of carbonyl (C=O) groups is 1. The summed E-state index contributed by atoms with van der Waals surface area (Å²) in [6.45, 7) is 5.32. The van der Waals surface area contributed by atoms with Crippen molar-refractivity contribution in [3.63, 3.8) is 0 Å². The molecule has 114 valence electrons. The van der Waals surface area contributed by atoms with Crippen LogP contribution in [0.5, 0.6) is 0 Å². The average Bonchev–Trinajstić information content (AvgIpc) is 3.10. The molecule has 2 aliphatic rings. The molecule has 3 heterocycles. The van der Waals surface area contributed by atoms with Gasteiger partial charge in [-0.15, -0.1) is 0 Å². The van der Waals surface area contributed by atoms with Crippen LogP contribution in [-0.4, -0.2) is 47.5 Å². The summed E-state index contributed by atoms with van der Waals surface area (Å²) in [5.41, 5.74) is 0.647. The van der Waals surface area contributed by atoms with Crippen molar-refractivity contribution in [2.75, 3.05) is 25.0 Å². The Balaban J connectivity index is 1.57. The summed E-state index contributed by atoms with van der Waals surface area (Å²) in [6, 6.07) is 4.58. The van der Waals surface area contributed by atoms with E-state index in [1.54, 1.807) is 6.20 Å². The zero-order chi connectivity index (χ0) is 14.7. The predicted molar refractivity (Wildman–Crippen MR) is 83.5 cm³/mol. The lowest BCUT2D eigenvalue weighted by atomic mass is 10.1. The third kappa shape index (κ3) is 3.18. The Hall–Kier alpha value is -1.62. The minimum absolute atomic E-state index is 0.00305. The van der Waals surface area contributed by atoms with Crippen LogP contribution in [0.3, 0.4) is 0 Å². The molecular formula is C16H24N4O. The van der Waals surface area contributed by atoms with E-state index in [0.717, 1.165) is 31.7 Å². The zero-order valence-corrected chi connectivity index (χ0v) is 12.6.